The van der Waals surface area contributed by atoms with Crippen molar-refractivity contribution in [3.05, 3.63) is 65.7 Å². The van der Waals surface area contributed by atoms with Crippen molar-refractivity contribution in [3.8, 4) is 0 Å². The maximum absolute atomic E-state index is 13.4. The molecular weight excluding hydrogens is 336 g/mol. The average Bonchev–Trinajstić information content (AvgIpc) is 3.31. The van der Waals surface area contributed by atoms with E-state index in [4.69, 9.17) is 0 Å². The summed E-state index contributed by atoms with van der Waals surface area (Å²) < 4.78 is 0. The number of hydrogen-bond donors (Lipinski definition) is 0. The fraction of sp³-hybridized carbons (Fsp3) is 0.391. The van der Waals surface area contributed by atoms with Crippen molar-refractivity contribution in [1.29, 1.82) is 0 Å². The first-order chi connectivity index (χ1) is 13.1. The molecule has 2 aromatic carbocycles. The van der Waals surface area contributed by atoms with E-state index in [2.05, 4.69) is 18.2 Å². The Morgan fingerprint density at radius 3 is 2.41 bits per heavy atom. The highest BCUT2D eigenvalue weighted by Gasteiger charge is 2.49. The maximum atomic E-state index is 13.4. The molecule has 2 aliphatic rings. The van der Waals surface area contributed by atoms with E-state index in [0.717, 1.165) is 42.7 Å². The second-order valence-corrected chi connectivity index (χ2v) is 7.71. The smallest absolute Gasteiger partial charge is 0.237 e. The molecule has 140 valence electrons. The number of likely N-dealkylation sites (N-methyl/N-ethyl adjacent to an activating group) is 1. The predicted octanol–water partition coefficient (Wildman–Crippen LogP) is 3.55. The fourth-order valence-corrected chi connectivity index (χ4v) is 4.61. The highest BCUT2D eigenvalue weighted by molar-refractivity contribution is 6.08. The Morgan fingerprint density at radius 2 is 1.67 bits per heavy atom. The van der Waals surface area contributed by atoms with Crippen molar-refractivity contribution >= 4 is 17.5 Å². The van der Waals surface area contributed by atoms with Crippen molar-refractivity contribution < 1.29 is 9.59 Å². The van der Waals surface area contributed by atoms with E-state index in [0.29, 0.717) is 19.3 Å². The van der Waals surface area contributed by atoms with Gasteiger partial charge in [-0.15, -0.1) is 0 Å². The van der Waals surface area contributed by atoms with Gasteiger partial charge in [0.2, 0.25) is 11.8 Å². The lowest BCUT2D eigenvalue weighted by atomic mass is 9.73. The van der Waals surface area contributed by atoms with Crippen LogP contribution in [0.4, 0.5) is 5.69 Å². The maximum Gasteiger partial charge on any atom is 0.237 e. The third-order valence-corrected chi connectivity index (χ3v) is 6.07. The Hall–Kier alpha value is -2.62. The molecule has 27 heavy (non-hydrogen) atoms. The molecule has 0 bridgehead atoms. The number of likely N-dealkylation sites (tertiary alicyclic amines) is 1. The Balaban J connectivity index is 1.67. The van der Waals surface area contributed by atoms with Crippen LogP contribution in [0.15, 0.2) is 54.6 Å². The molecule has 0 saturated carbocycles. The van der Waals surface area contributed by atoms with Crippen LogP contribution in [0.1, 0.15) is 36.8 Å². The zero-order chi connectivity index (χ0) is 18.9. The standard InChI is InChI=1S/C23H26N2O2/c1-24-20-12-6-5-11-19(20)23(22(24)27,17-18-9-3-2-4-10-18)14-13-21(26)25-15-7-8-16-25/h2-6,9-12H,7-8,13-17H2,1H3/t23-/m1/s1. The zero-order valence-corrected chi connectivity index (χ0v) is 15.9. The topological polar surface area (TPSA) is 40.6 Å². The van der Waals surface area contributed by atoms with Gasteiger partial charge in [0.25, 0.3) is 0 Å². The van der Waals surface area contributed by atoms with Crippen LogP contribution in [0.2, 0.25) is 0 Å². The third-order valence-electron chi connectivity index (χ3n) is 6.07. The van der Waals surface area contributed by atoms with Gasteiger partial charge in [0, 0.05) is 32.2 Å². The number of amides is 2. The number of hydrogen-bond acceptors (Lipinski definition) is 2. The van der Waals surface area contributed by atoms with E-state index >= 15 is 0 Å². The van der Waals surface area contributed by atoms with E-state index < -0.39 is 5.41 Å². The first-order valence-electron chi connectivity index (χ1n) is 9.81. The molecule has 2 aliphatic heterocycles. The molecule has 1 saturated heterocycles. The van der Waals surface area contributed by atoms with Crippen LogP contribution in [0, 0.1) is 0 Å². The van der Waals surface area contributed by atoms with Crippen LogP contribution in [0.25, 0.3) is 0 Å². The molecule has 2 aromatic rings. The van der Waals surface area contributed by atoms with Gasteiger partial charge < -0.3 is 9.80 Å². The van der Waals surface area contributed by atoms with E-state index in [1.165, 1.54) is 0 Å². The summed E-state index contributed by atoms with van der Waals surface area (Å²) in [6.07, 6.45) is 3.77. The summed E-state index contributed by atoms with van der Waals surface area (Å²) in [4.78, 5) is 29.8. The molecular formula is C23H26N2O2. The van der Waals surface area contributed by atoms with Gasteiger partial charge in [0.1, 0.15) is 0 Å². The van der Waals surface area contributed by atoms with Gasteiger partial charge in [0.05, 0.1) is 5.41 Å². The molecule has 0 unspecified atom stereocenters. The summed E-state index contributed by atoms with van der Waals surface area (Å²) in [5.41, 5.74) is 2.48. The number of para-hydroxylation sites is 1. The first kappa shape index (κ1) is 17.8. The van der Waals surface area contributed by atoms with Crippen LogP contribution >= 0.6 is 0 Å². The van der Waals surface area contributed by atoms with Gasteiger partial charge >= 0.3 is 0 Å². The summed E-state index contributed by atoms with van der Waals surface area (Å²) >= 11 is 0. The van der Waals surface area contributed by atoms with Crippen LogP contribution in [-0.4, -0.2) is 36.9 Å². The average molecular weight is 362 g/mol. The molecule has 0 aliphatic carbocycles. The van der Waals surface area contributed by atoms with Crippen molar-refractivity contribution in [2.24, 2.45) is 0 Å². The normalized spacial score (nSPS) is 21.6. The highest BCUT2D eigenvalue weighted by atomic mass is 16.2. The monoisotopic (exact) mass is 362 g/mol. The Kier molecular flexibility index (Phi) is 4.73. The van der Waals surface area contributed by atoms with Crippen molar-refractivity contribution in [2.75, 3.05) is 25.0 Å². The summed E-state index contributed by atoms with van der Waals surface area (Å²) in [6, 6.07) is 18.2. The van der Waals surface area contributed by atoms with Crippen LogP contribution in [0.3, 0.4) is 0 Å². The van der Waals surface area contributed by atoms with Crippen LogP contribution < -0.4 is 4.90 Å². The highest BCUT2D eigenvalue weighted by Crippen LogP contribution is 2.46. The molecule has 1 atom stereocenters. The molecule has 0 N–H and O–H groups in total. The first-order valence-corrected chi connectivity index (χ1v) is 9.81. The number of carbonyl (C=O) groups is 2. The lowest BCUT2D eigenvalue weighted by Crippen LogP contribution is -2.41. The number of carbonyl (C=O) groups excluding carboxylic acids is 2. The van der Waals surface area contributed by atoms with E-state index in [9.17, 15) is 9.59 Å². The molecule has 4 nitrogen and oxygen atoms in total. The van der Waals surface area contributed by atoms with Crippen molar-refractivity contribution in [2.45, 2.75) is 37.5 Å². The lowest BCUT2D eigenvalue weighted by molar-refractivity contribution is -0.131. The van der Waals surface area contributed by atoms with Gasteiger partial charge in [-0.1, -0.05) is 48.5 Å². The van der Waals surface area contributed by atoms with E-state index in [-0.39, 0.29) is 11.8 Å². The molecule has 2 amide bonds. The van der Waals surface area contributed by atoms with Crippen molar-refractivity contribution in [3.63, 3.8) is 0 Å². The molecule has 0 aromatic heterocycles. The van der Waals surface area contributed by atoms with Crippen molar-refractivity contribution in [1.82, 2.24) is 4.90 Å². The number of anilines is 1. The minimum absolute atomic E-state index is 0.0989. The molecule has 2 heterocycles. The number of benzene rings is 2. The molecule has 4 heteroatoms. The minimum atomic E-state index is -0.665. The molecule has 1 fully saturated rings. The van der Waals surface area contributed by atoms with Gasteiger partial charge in [0.15, 0.2) is 0 Å². The molecule has 0 spiro atoms. The SMILES string of the molecule is CN1C(=O)[C@](CCC(=O)N2CCCC2)(Cc2ccccc2)c2ccccc21. The number of fused-ring (bicyclic) bond motifs is 1. The Morgan fingerprint density at radius 1 is 1.00 bits per heavy atom. The minimum Gasteiger partial charge on any atom is -0.343 e. The summed E-state index contributed by atoms with van der Waals surface area (Å²) in [7, 11) is 1.84. The molecule has 4 rings (SSSR count). The lowest BCUT2D eigenvalue weighted by Gasteiger charge is -2.29. The second-order valence-electron chi connectivity index (χ2n) is 7.71. The van der Waals surface area contributed by atoms with Crippen LogP contribution in [-0.2, 0) is 21.4 Å². The zero-order valence-electron chi connectivity index (χ0n) is 15.9. The van der Waals surface area contributed by atoms with Crippen LogP contribution in [0.5, 0.6) is 0 Å². The quantitative estimate of drug-likeness (QED) is 0.816. The van der Waals surface area contributed by atoms with E-state index in [1.807, 2.05) is 48.3 Å². The summed E-state index contributed by atoms with van der Waals surface area (Å²) in [6.45, 7) is 1.71. The number of nitrogens with zero attached hydrogens (tertiary/aromatic N) is 2. The number of rotatable bonds is 5. The van der Waals surface area contributed by atoms with Gasteiger partial charge in [-0.05, 0) is 42.9 Å². The fourth-order valence-electron chi connectivity index (χ4n) is 4.61. The Labute approximate surface area is 160 Å². The summed E-state index contributed by atoms with van der Waals surface area (Å²) in [5.74, 6) is 0.279. The molecule has 0 radical (unpaired) electrons. The Bertz CT molecular complexity index is 842. The van der Waals surface area contributed by atoms with E-state index in [1.54, 1.807) is 4.90 Å². The second kappa shape index (κ2) is 7.18. The third kappa shape index (κ3) is 3.14. The van der Waals surface area contributed by atoms with Gasteiger partial charge in [-0.2, -0.15) is 0 Å². The van der Waals surface area contributed by atoms with Gasteiger partial charge in [-0.3, -0.25) is 9.59 Å². The largest absolute Gasteiger partial charge is 0.343 e. The van der Waals surface area contributed by atoms with Gasteiger partial charge in [-0.25, -0.2) is 0 Å². The summed E-state index contributed by atoms with van der Waals surface area (Å²) in [5, 5.41) is 0. The predicted molar refractivity (Wildman–Crippen MR) is 107 cm³/mol.